The van der Waals surface area contributed by atoms with Gasteiger partial charge in [0.1, 0.15) is 12.4 Å². The lowest BCUT2D eigenvalue weighted by Crippen LogP contribution is -3.00. The Hall–Kier alpha value is 0.270. The van der Waals surface area contributed by atoms with Crippen molar-refractivity contribution in [2.75, 3.05) is 0 Å². The summed E-state index contributed by atoms with van der Waals surface area (Å²) in [6, 6.07) is 0. The molecule has 2 nitrogen and oxygen atoms in total. The Labute approximate surface area is 68.8 Å². The zero-order valence-electron chi connectivity index (χ0n) is 3.79. The third-order valence-corrected chi connectivity index (χ3v) is 0.722. The number of rotatable bonds is 0. The van der Waals surface area contributed by atoms with Crippen LogP contribution in [0.3, 0.4) is 0 Å². The van der Waals surface area contributed by atoms with Gasteiger partial charge in [0.05, 0.1) is 0 Å². The summed E-state index contributed by atoms with van der Waals surface area (Å²) >= 11 is 5.34. The van der Waals surface area contributed by atoms with Crippen molar-refractivity contribution in [2.45, 2.75) is 0 Å². The minimum atomic E-state index is 0. The Kier molecular flexibility index (Phi) is 7.52. The number of hydrogen-bond donors (Lipinski definition) is 1. The second kappa shape index (κ2) is 5.41. The monoisotopic (exact) mass is 217 g/mol. The molecule has 0 bridgehead atoms. The van der Waals surface area contributed by atoms with Crippen molar-refractivity contribution in [1.29, 1.82) is 0 Å². The molecule has 0 unspecified atom stereocenters. The van der Waals surface area contributed by atoms with E-state index in [0.29, 0.717) is 5.28 Å². The first-order valence-electron chi connectivity index (χ1n) is 1.60. The van der Waals surface area contributed by atoms with E-state index in [-0.39, 0.29) is 29.4 Å². The van der Waals surface area contributed by atoms with E-state index in [1.165, 1.54) is 0 Å². The van der Waals surface area contributed by atoms with Crippen LogP contribution in [0.4, 0.5) is 0 Å². The van der Waals surface area contributed by atoms with Crippen molar-refractivity contribution in [2.24, 2.45) is 0 Å². The summed E-state index contributed by atoms with van der Waals surface area (Å²) in [5.74, 6) is 0. The van der Waals surface area contributed by atoms with Crippen LogP contribution in [0.2, 0.25) is 5.28 Å². The molecule has 0 fully saturated rings. The van der Waals surface area contributed by atoms with Crippen molar-refractivity contribution in [1.82, 2.24) is 4.98 Å². The number of nitrogens with one attached hydrogen (secondary N) is 2. The van der Waals surface area contributed by atoms with Crippen LogP contribution in [0.1, 0.15) is 0 Å². The quantitative estimate of drug-likeness (QED) is 0.451. The van der Waals surface area contributed by atoms with Gasteiger partial charge in [-0.2, -0.15) is 0 Å². The molecule has 8 heavy (non-hydrogen) atoms. The molecule has 0 amide bonds. The summed E-state index contributed by atoms with van der Waals surface area (Å²) < 4.78 is 0. The lowest BCUT2D eigenvalue weighted by Gasteiger charge is -1.55. The van der Waals surface area contributed by atoms with E-state index < -0.39 is 0 Å². The van der Waals surface area contributed by atoms with E-state index in [9.17, 15) is 0 Å². The van der Waals surface area contributed by atoms with Gasteiger partial charge in [-0.25, -0.2) is 9.97 Å². The van der Waals surface area contributed by atoms with E-state index in [1.54, 1.807) is 12.4 Å². The van der Waals surface area contributed by atoms with Crippen molar-refractivity contribution >= 4 is 11.6 Å². The van der Waals surface area contributed by atoms with E-state index >= 15 is 0 Å². The number of hydrogen-bond acceptors (Lipinski definition) is 0. The first-order chi connectivity index (χ1) is 2.89. The van der Waals surface area contributed by atoms with Crippen LogP contribution in [0.25, 0.3) is 0 Å². The summed E-state index contributed by atoms with van der Waals surface area (Å²) in [6.45, 7) is 0. The molecule has 0 aliphatic heterocycles. The summed E-state index contributed by atoms with van der Waals surface area (Å²) in [4.78, 5) is 5.42. The van der Waals surface area contributed by atoms with Crippen molar-refractivity contribution in [3.05, 3.63) is 17.7 Å². The highest BCUT2D eigenvalue weighted by Gasteiger charge is 1.87. The maximum Gasteiger partial charge on any atom is 0.350 e. The largest absolute Gasteiger partial charge is 1.00 e. The van der Waals surface area contributed by atoms with Gasteiger partial charge in [0.2, 0.25) is 0 Å². The molecule has 0 saturated heterocycles. The number of H-pyrrole nitrogens is 2. The van der Waals surface area contributed by atoms with E-state index in [4.69, 9.17) is 11.6 Å². The van der Waals surface area contributed by atoms with E-state index in [0.717, 1.165) is 0 Å². The van der Waals surface area contributed by atoms with Gasteiger partial charge in [-0.3, -0.25) is 0 Å². The molecule has 0 saturated carbocycles. The maximum absolute atomic E-state index is 5.34. The summed E-state index contributed by atoms with van der Waals surface area (Å²) in [7, 11) is 0. The third-order valence-electron chi connectivity index (χ3n) is 0.503. The summed E-state index contributed by atoms with van der Waals surface area (Å²) in [5.41, 5.74) is 0. The van der Waals surface area contributed by atoms with E-state index in [1.807, 2.05) is 0 Å². The number of aromatic nitrogens is 2. The van der Waals surface area contributed by atoms with Crippen LogP contribution < -0.4 is 34.4 Å². The maximum atomic E-state index is 5.34. The molecule has 0 aliphatic rings. The molecule has 0 atom stereocenters. The van der Waals surface area contributed by atoms with Crippen molar-refractivity contribution in [3.8, 4) is 0 Å². The molecule has 0 aromatic carbocycles. The Balaban J connectivity index is 0. The minimum absolute atomic E-state index is 0. The van der Waals surface area contributed by atoms with E-state index in [2.05, 4.69) is 9.97 Å². The molecule has 1 aromatic heterocycles. The second-order valence-corrected chi connectivity index (χ2v) is 1.31. The van der Waals surface area contributed by atoms with Gasteiger partial charge < -0.3 is 29.4 Å². The predicted octanol–water partition coefficient (Wildman–Crippen LogP) is -5.51. The number of halogens is 3. The Bertz CT molecular complexity index is 119. The minimum Gasteiger partial charge on any atom is -1.00 e. The van der Waals surface area contributed by atoms with Crippen molar-refractivity contribution in [3.63, 3.8) is 0 Å². The Morgan fingerprint density at radius 1 is 1.62 bits per heavy atom. The fourth-order valence-electron chi connectivity index (χ4n) is 0.271. The normalized spacial score (nSPS) is 6.62. The van der Waals surface area contributed by atoms with Gasteiger partial charge in [0, 0.05) is 11.6 Å². The highest BCUT2D eigenvalue weighted by molar-refractivity contribution is 6.27. The Morgan fingerprint density at radius 3 is 2.38 bits per heavy atom. The summed E-state index contributed by atoms with van der Waals surface area (Å²) in [5, 5.41) is 0.565. The first-order valence-corrected chi connectivity index (χ1v) is 1.98. The highest BCUT2D eigenvalue weighted by atomic mass is 79.9. The molecule has 1 heterocycles. The van der Waals surface area contributed by atoms with Gasteiger partial charge in [0.15, 0.2) is 0 Å². The Morgan fingerprint density at radius 2 is 2.25 bits per heavy atom. The van der Waals surface area contributed by atoms with Gasteiger partial charge >= 0.3 is 5.28 Å². The number of aromatic amines is 2. The van der Waals surface area contributed by atoms with Gasteiger partial charge in [-0.15, -0.1) is 0 Å². The fraction of sp³-hybridized carbons (Fsp3) is 0. The first kappa shape index (κ1) is 11.1. The van der Waals surface area contributed by atoms with Crippen LogP contribution >= 0.6 is 11.6 Å². The van der Waals surface area contributed by atoms with Crippen LogP contribution in [0.5, 0.6) is 0 Å². The third kappa shape index (κ3) is 3.29. The molecule has 1 aromatic rings. The molecule has 0 aliphatic carbocycles. The van der Waals surface area contributed by atoms with Crippen LogP contribution in [0.15, 0.2) is 12.4 Å². The molecule has 2 N–H and O–H groups in total. The molecule has 0 radical (unpaired) electrons. The predicted molar refractivity (Wildman–Crippen MR) is 22.4 cm³/mol. The number of imidazole rings is 1. The highest BCUT2D eigenvalue weighted by Crippen LogP contribution is 1.86. The molecule has 5 heteroatoms. The van der Waals surface area contributed by atoms with Crippen molar-refractivity contribution < 1.29 is 34.4 Å². The smallest absolute Gasteiger partial charge is 0.350 e. The zero-order chi connectivity index (χ0) is 4.41. The topological polar surface area (TPSA) is 29.9 Å². The van der Waals surface area contributed by atoms with Gasteiger partial charge in [0.25, 0.3) is 0 Å². The van der Waals surface area contributed by atoms with Crippen LogP contribution in [-0.4, -0.2) is 4.98 Å². The second-order valence-electron chi connectivity index (χ2n) is 0.936. The molecular weight excluding hydrogens is 215 g/mol. The standard InChI is InChI=1S/C3H3ClN2.BrH.ClH/c4-3-5-1-2-6-3;;/h1-2H,(H,5,6);2*1H/p-1. The average molecular weight is 219 g/mol. The fourth-order valence-corrected chi connectivity index (χ4v) is 0.397. The zero-order valence-corrected chi connectivity index (χ0v) is 6.89. The molecular formula is C3H4BrCl2N2-. The molecule has 1 rings (SSSR count). The lowest BCUT2D eigenvalue weighted by atomic mass is 11.0. The van der Waals surface area contributed by atoms with Crippen LogP contribution in [0, 0.1) is 0 Å². The summed E-state index contributed by atoms with van der Waals surface area (Å²) in [6.07, 6.45) is 3.45. The van der Waals surface area contributed by atoms with Gasteiger partial charge in [-0.05, 0) is 0 Å². The lowest BCUT2D eigenvalue weighted by molar-refractivity contribution is -0.373. The van der Waals surface area contributed by atoms with Crippen LogP contribution in [-0.2, 0) is 0 Å². The van der Waals surface area contributed by atoms with Gasteiger partial charge in [-0.1, -0.05) is 0 Å². The molecule has 0 spiro atoms. The average Bonchev–Trinajstić information content (AvgIpc) is 1.86. The molecule has 48 valence electrons. The SMILES string of the molecule is Clc1[nH]cc[nH+]1.[Br-].[Cl-].